The van der Waals surface area contributed by atoms with Crippen molar-refractivity contribution in [2.75, 3.05) is 19.6 Å². The molecular formula is C15H21NO2. The molecule has 0 aromatic heterocycles. The number of likely N-dealkylation sites (tertiary alicyclic amines) is 1. The lowest BCUT2D eigenvalue weighted by Crippen LogP contribution is -2.31. The van der Waals surface area contributed by atoms with Crippen LogP contribution in [-0.4, -0.2) is 36.6 Å². The zero-order chi connectivity index (χ0) is 13.0. The van der Waals surface area contributed by atoms with Crippen molar-refractivity contribution in [3.05, 3.63) is 35.4 Å². The highest BCUT2D eigenvalue weighted by Crippen LogP contribution is 2.12. The van der Waals surface area contributed by atoms with Crippen LogP contribution in [0.25, 0.3) is 0 Å². The third-order valence-corrected chi connectivity index (χ3v) is 3.39. The third-order valence-electron chi connectivity index (χ3n) is 3.39. The van der Waals surface area contributed by atoms with Crippen LogP contribution in [0.4, 0.5) is 0 Å². The summed E-state index contributed by atoms with van der Waals surface area (Å²) in [5.41, 5.74) is 1.64. The van der Waals surface area contributed by atoms with Crippen LogP contribution in [-0.2, 0) is 4.74 Å². The molecule has 0 unspecified atom stereocenters. The Hall–Kier alpha value is -1.35. The molecule has 1 aromatic rings. The van der Waals surface area contributed by atoms with Gasteiger partial charge in [-0.15, -0.1) is 0 Å². The van der Waals surface area contributed by atoms with Gasteiger partial charge in [-0.1, -0.05) is 18.2 Å². The molecular weight excluding hydrogens is 226 g/mol. The van der Waals surface area contributed by atoms with Crippen molar-refractivity contribution in [1.82, 2.24) is 4.90 Å². The molecule has 0 saturated carbocycles. The summed E-state index contributed by atoms with van der Waals surface area (Å²) in [6, 6.07) is 7.55. The Morgan fingerprint density at radius 1 is 1.33 bits per heavy atom. The molecule has 0 radical (unpaired) electrons. The van der Waals surface area contributed by atoms with Crippen LogP contribution >= 0.6 is 0 Å². The van der Waals surface area contributed by atoms with E-state index < -0.39 is 0 Å². The van der Waals surface area contributed by atoms with Crippen LogP contribution in [0.3, 0.4) is 0 Å². The summed E-state index contributed by atoms with van der Waals surface area (Å²) in [5.74, 6) is -0.209. The molecule has 1 heterocycles. The first-order chi connectivity index (χ1) is 8.66. The minimum Gasteiger partial charge on any atom is -0.458 e. The highest BCUT2D eigenvalue weighted by atomic mass is 16.5. The highest BCUT2D eigenvalue weighted by molar-refractivity contribution is 5.91. The van der Waals surface area contributed by atoms with Crippen molar-refractivity contribution in [2.45, 2.75) is 32.8 Å². The number of esters is 1. The predicted molar refractivity (Wildman–Crippen MR) is 71.7 cm³/mol. The zero-order valence-electron chi connectivity index (χ0n) is 11.2. The van der Waals surface area contributed by atoms with Gasteiger partial charge in [-0.05, 0) is 51.4 Å². The lowest BCUT2D eigenvalue weighted by Gasteiger charge is -2.20. The van der Waals surface area contributed by atoms with Crippen LogP contribution < -0.4 is 0 Å². The van der Waals surface area contributed by atoms with E-state index in [1.807, 2.05) is 38.1 Å². The second kappa shape index (κ2) is 6.01. The Labute approximate surface area is 109 Å². The number of nitrogens with zero attached hydrogens (tertiary/aromatic N) is 1. The molecule has 0 bridgehead atoms. The highest BCUT2D eigenvalue weighted by Gasteiger charge is 2.18. The number of carbonyl (C=O) groups excluding carboxylic acids is 1. The van der Waals surface area contributed by atoms with Crippen molar-refractivity contribution in [3.63, 3.8) is 0 Å². The van der Waals surface area contributed by atoms with E-state index in [4.69, 9.17) is 4.74 Å². The Balaban J connectivity index is 1.88. The number of rotatable bonds is 4. The summed E-state index contributed by atoms with van der Waals surface area (Å²) >= 11 is 0. The van der Waals surface area contributed by atoms with E-state index in [2.05, 4.69) is 4.90 Å². The summed E-state index contributed by atoms with van der Waals surface area (Å²) in [4.78, 5) is 14.4. The van der Waals surface area contributed by atoms with Crippen molar-refractivity contribution < 1.29 is 9.53 Å². The van der Waals surface area contributed by atoms with Gasteiger partial charge in [0.1, 0.15) is 6.10 Å². The van der Waals surface area contributed by atoms with Gasteiger partial charge in [-0.2, -0.15) is 0 Å². The standard InChI is InChI=1S/C15H21NO2/c1-12-7-3-4-8-14(12)15(17)18-13(2)11-16-9-5-6-10-16/h3-4,7-8,13H,5-6,9-11H2,1-2H3/t13-/m0/s1. The van der Waals surface area contributed by atoms with Crippen LogP contribution in [0.5, 0.6) is 0 Å². The zero-order valence-corrected chi connectivity index (χ0v) is 11.2. The Bertz CT molecular complexity index is 411. The first kappa shape index (κ1) is 13.1. The van der Waals surface area contributed by atoms with E-state index in [0.717, 1.165) is 25.2 Å². The van der Waals surface area contributed by atoms with Gasteiger partial charge in [0.15, 0.2) is 0 Å². The molecule has 0 N–H and O–H groups in total. The summed E-state index contributed by atoms with van der Waals surface area (Å²) in [6.45, 7) is 7.01. The number of benzene rings is 1. The van der Waals surface area contributed by atoms with Gasteiger partial charge < -0.3 is 4.74 Å². The largest absolute Gasteiger partial charge is 0.458 e. The monoisotopic (exact) mass is 247 g/mol. The quantitative estimate of drug-likeness (QED) is 0.766. The fourth-order valence-electron chi connectivity index (χ4n) is 2.41. The van der Waals surface area contributed by atoms with Crippen LogP contribution in [0.15, 0.2) is 24.3 Å². The van der Waals surface area contributed by atoms with Gasteiger partial charge in [-0.25, -0.2) is 4.79 Å². The Morgan fingerprint density at radius 3 is 2.67 bits per heavy atom. The molecule has 1 aromatic carbocycles. The normalized spacial score (nSPS) is 17.7. The Kier molecular flexibility index (Phi) is 4.37. The second-order valence-corrected chi connectivity index (χ2v) is 5.04. The maximum absolute atomic E-state index is 12.0. The maximum Gasteiger partial charge on any atom is 0.338 e. The van der Waals surface area contributed by atoms with Crippen molar-refractivity contribution in [2.24, 2.45) is 0 Å². The molecule has 3 nitrogen and oxygen atoms in total. The molecule has 0 amide bonds. The fraction of sp³-hybridized carbons (Fsp3) is 0.533. The molecule has 2 rings (SSSR count). The predicted octanol–water partition coefficient (Wildman–Crippen LogP) is 2.64. The third kappa shape index (κ3) is 3.33. The summed E-state index contributed by atoms with van der Waals surface area (Å²) in [5, 5.41) is 0. The van der Waals surface area contributed by atoms with Gasteiger partial charge in [0, 0.05) is 6.54 Å². The summed E-state index contributed by atoms with van der Waals surface area (Å²) < 4.78 is 5.50. The molecule has 1 aliphatic heterocycles. The van der Waals surface area contributed by atoms with Gasteiger partial charge in [-0.3, -0.25) is 4.90 Å². The van der Waals surface area contributed by atoms with E-state index in [1.54, 1.807) is 0 Å². The van der Waals surface area contributed by atoms with Crippen LogP contribution in [0.2, 0.25) is 0 Å². The average molecular weight is 247 g/mol. The fourth-order valence-corrected chi connectivity index (χ4v) is 2.41. The van der Waals surface area contributed by atoms with E-state index in [-0.39, 0.29) is 12.1 Å². The lowest BCUT2D eigenvalue weighted by atomic mass is 10.1. The Morgan fingerprint density at radius 2 is 2.00 bits per heavy atom. The van der Waals surface area contributed by atoms with Gasteiger partial charge in [0.2, 0.25) is 0 Å². The smallest absolute Gasteiger partial charge is 0.338 e. The minimum absolute atomic E-state index is 0.0461. The number of hydrogen-bond donors (Lipinski definition) is 0. The molecule has 18 heavy (non-hydrogen) atoms. The lowest BCUT2D eigenvalue weighted by molar-refractivity contribution is 0.0270. The van der Waals surface area contributed by atoms with E-state index in [0.29, 0.717) is 5.56 Å². The van der Waals surface area contributed by atoms with Gasteiger partial charge in [0.05, 0.1) is 5.56 Å². The van der Waals surface area contributed by atoms with Gasteiger partial charge in [0.25, 0.3) is 0 Å². The number of aryl methyl sites for hydroxylation is 1. The van der Waals surface area contributed by atoms with Crippen molar-refractivity contribution in [1.29, 1.82) is 0 Å². The maximum atomic E-state index is 12.0. The first-order valence-electron chi connectivity index (χ1n) is 6.66. The molecule has 1 atom stereocenters. The van der Waals surface area contributed by atoms with Crippen molar-refractivity contribution in [3.8, 4) is 0 Å². The SMILES string of the molecule is Cc1ccccc1C(=O)O[C@@H](C)CN1CCCC1. The molecule has 1 fully saturated rings. The van der Waals surface area contributed by atoms with Crippen LogP contribution in [0, 0.1) is 6.92 Å². The number of ether oxygens (including phenoxy) is 1. The minimum atomic E-state index is -0.209. The van der Waals surface area contributed by atoms with Crippen LogP contribution in [0.1, 0.15) is 35.7 Å². The summed E-state index contributed by atoms with van der Waals surface area (Å²) in [6.07, 6.45) is 2.48. The van der Waals surface area contributed by atoms with E-state index in [9.17, 15) is 4.79 Å². The molecule has 0 aliphatic carbocycles. The molecule has 1 saturated heterocycles. The molecule has 1 aliphatic rings. The number of hydrogen-bond acceptors (Lipinski definition) is 3. The topological polar surface area (TPSA) is 29.5 Å². The number of carbonyl (C=O) groups is 1. The molecule has 0 spiro atoms. The summed E-state index contributed by atoms with van der Waals surface area (Å²) in [7, 11) is 0. The van der Waals surface area contributed by atoms with E-state index in [1.165, 1.54) is 12.8 Å². The van der Waals surface area contributed by atoms with Crippen molar-refractivity contribution >= 4 is 5.97 Å². The molecule has 98 valence electrons. The van der Waals surface area contributed by atoms with E-state index >= 15 is 0 Å². The first-order valence-corrected chi connectivity index (χ1v) is 6.66. The van der Waals surface area contributed by atoms with Gasteiger partial charge >= 0.3 is 5.97 Å². The second-order valence-electron chi connectivity index (χ2n) is 5.04. The average Bonchev–Trinajstić information content (AvgIpc) is 2.82. The molecule has 3 heteroatoms.